The Hall–Kier alpha value is -2.74. The third-order valence-electron chi connectivity index (χ3n) is 14.1. The summed E-state index contributed by atoms with van der Waals surface area (Å²) < 4.78 is 0. The summed E-state index contributed by atoms with van der Waals surface area (Å²) >= 11 is 0. The average molecular weight is 920 g/mol. The molecule has 0 spiro atoms. The zero-order chi connectivity index (χ0) is 47.8. The van der Waals surface area contributed by atoms with E-state index in [9.17, 15) is 0 Å². The predicted molar refractivity (Wildman–Crippen MR) is 305 cm³/mol. The van der Waals surface area contributed by atoms with Crippen molar-refractivity contribution in [1.29, 1.82) is 0 Å². The van der Waals surface area contributed by atoms with Crippen molar-refractivity contribution in [3.63, 3.8) is 0 Å². The van der Waals surface area contributed by atoms with E-state index >= 15 is 0 Å². The lowest BCUT2D eigenvalue weighted by Gasteiger charge is -2.13. The summed E-state index contributed by atoms with van der Waals surface area (Å²) in [6.45, 7) is 9.17. The van der Waals surface area contributed by atoms with Crippen LogP contribution in [-0.2, 0) is 12.8 Å². The van der Waals surface area contributed by atoms with Crippen LogP contribution in [0.25, 0.3) is 0 Å². The second-order valence-electron chi connectivity index (χ2n) is 20.4. The number of hydrogen-bond donors (Lipinski definition) is 0. The van der Waals surface area contributed by atoms with Gasteiger partial charge in [-0.3, -0.25) is 9.98 Å². The molecule has 0 heterocycles. The van der Waals surface area contributed by atoms with Gasteiger partial charge in [-0.1, -0.05) is 281 Å². The van der Waals surface area contributed by atoms with Crippen LogP contribution in [0.15, 0.2) is 82.8 Å². The molecule has 0 N–H and O–H groups in total. The minimum Gasteiger partial charge on any atom is -0.251 e. The number of aryl methyl sites for hydroxylation is 2. The summed E-state index contributed by atoms with van der Waals surface area (Å²) in [4.78, 5) is 10.8. The van der Waals surface area contributed by atoms with Crippen molar-refractivity contribution in [2.24, 2.45) is 9.98 Å². The number of nitrogens with zero attached hydrogens (tertiary/aromatic N) is 2. The molecule has 0 saturated carbocycles. The Morgan fingerprint density at radius 1 is 0.313 bits per heavy atom. The molecule has 0 radical (unpaired) electrons. The fraction of sp³-hybridized carbons (Fsp3) is 0.723. The van der Waals surface area contributed by atoms with Crippen molar-refractivity contribution >= 4 is 22.8 Å². The second-order valence-corrected chi connectivity index (χ2v) is 20.4. The third kappa shape index (κ3) is 35.1. The van der Waals surface area contributed by atoms with Gasteiger partial charge < -0.3 is 0 Å². The van der Waals surface area contributed by atoms with Crippen LogP contribution < -0.4 is 0 Å². The Balaban J connectivity index is 1.73. The molecule has 380 valence electrons. The molecule has 0 aromatic heterocycles. The molecule has 0 fully saturated rings. The lowest BCUT2D eigenvalue weighted by Crippen LogP contribution is -2.13. The fourth-order valence-corrected chi connectivity index (χ4v) is 9.67. The van der Waals surface area contributed by atoms with Gasteiger partial charge >= 0.3 is 0 Å². The molecule has 0 aliphatic carbocycles. The van der Waals surface area contributed by atoms with Crippen LogP contribution in [0, 0.1) is 0 Å². The van der Waals surface area contributed by atoms with Gasteiger partial charge in [0, 0.05) is 0 Å². The van der Waals surface area contributed by atoms with Gasteiger partial charge in [-0.2, -0.15) is 0 Å². The lowest BCUT2D eigenvalue weighted by atomic mass is 10.0. The van der Waals surface area contributed by atoms with E-state index in [0.29, 0.717) is 0 Å². The summed E-state index contributed by atoms with van der Waals surface area (Å²) in [6.07, 6.45) is 67.4. The van der Waals surface area contributed by atoms with Crippen molar-refractivity contribution in [2.45, 2.75) is 304 Å². The number of benzene rings is 2. The molecule has 2 aromatic carbocycles. The number of hydrogen-bond acceptors (Lipinski definition) is 2. The molecule has 0 aliphatic heterocycles. The summed E-state index contributed by atoms with van der Waals surface area (Å²) in [5.41, 5.74) is 7.35. The maximum Gasteiger partial charge on any atom is 0.0665 e. The third-order valence-corrected chi connectivity index (χ3v) is 14.1. The van der Waals surface area contributed by atoms with Gasteiger partial charge in [0.1, 0.15) is 0 Å². The first-order valence-corrected chi connectivity index (χ1v) is 29.8. The molecular weight excluding hydrogens is 809 g/mol. The van der Waals surface area contributed by atoms with Crippen molar-refractivity contribution < 1.29 is 0 Å². The highest BCUT2D eigenvalue weighted by atomic mass is 14.8. The number of allylic oxidation sites excluding steroid dienone is 4. The molecule has 67 heavy (non-hydrogen) atoms. The molecule has 0 unspecified atom stereocenters. The van der Waals surface area contributed by atoms with E-state index in [1.54, 1.807) is 0 Å². The number of unbranched alkanes of at least 4 members (excludes halogenated alkanes) is 34. The number of aliphatic imine (C=N–C) groups is 2. The molecule has 0 aliphatic rings. The molecule has 0 atom stereocenters. The van der Waals surface area contributed by atoms with Gasteiger partial charge in [-0.25, -0.2) is 0 Å². The molecular formula is C65H110N2. The number of rotatable bonds is 48. The largest absolute Gasteiger partial charge is 0.251 e. The standard InChI is InChI=1S/C65H110N2/c1-5-9-12-14-16-18-20-22-24-26-28-30-32-34-36-38-40-42-44-47-53-60-55-49-51-57-63(60)66-62(8-4)65(59-46-11-7-3)67-64-58-52-50-56-61(64)54-48-45-43-41-39-37-35-33-31-29-27-25-23-21-19-17-15-13-10-6-2/h40-43,49-52,55-58H,5-39,44-48,53-54,59H2,1-4H3. The zero-order valence-corrected chi connectivity index (χ0v) is 45.2. The van der Waals surface area contributed by atoms with Gasteiger partial charge in [0.15, 0.2) is 0 Å². The lowest BCUT2D eigenvalue weighted by molar-refractivity contribution is 0.533. The van der Waals surface area contributed by atoms with Crippen LogP contribution in [0.4, 0.5) is 11.4 Å². The van der Waals surface area contributed by atoms with E-state index in [-0.39, 0.29) is 0 Å². The maximum atomic E-state index is 5.45. The molecule has 2 heteroatoms. The quantitative estimate of drug-likeness (QED) is 0.0359. The van der Waals surface area contributed by atoms with Gasteiger partial charge in [0.25, 0.3) is 0 Å². The average Bonchev–Trinajstić information content (AvgIpc) is 3.35. The van der Waals surface area contributed by atoms with E-state index in [1.807, 2.05) is 0 Å². The normalized spacial score (nSPS) is 12.4. The van der Waals surface area contributed by atoms with Crippen molar-refractivity contribution in [3.8, 4) is 0 Å². The van der Waals surface area contributed by atoms with Crippen LogP contribution >= 0.6 is 0 Å². The Morgan fingerprint density at radius 2 is 0.597 bits per heavy atom. The Morgan fingerprint density at radius 3 is 0.940 bits per heavy atom. The van der Waals surface area contributed by atoms with Gasteiger partial charge in [0.2, 0.25) is 0 Å². The van der Waals surface area contributed by atoms with Crippen molar-refractivity contribution in [3.05, 3.63) is 84.0 Å². The van der Waals surface area contributed by atoms with Gasteiger partial charge in [-0.15, -0.1) is 0 Å². The van der Waals surface area contributed by atoms with Crippen LogP contribution in [0.1, 0.15) is 302 Å². The van der Waals surface area contributed by atoms with E-state index < -0.39 is 0 Å². The summed E-state index contributed by atoms with van der Waals surface area (Å²) in [5, 5.41) is 0. The summed E-state index contributed by atoms with van der Waals surface area (Å²) in [6, 6.07) is 17.8. The number of para-hydroxylation sites is 2. The van der Waals surface area contributed by atoms with E-state index in [4.69, 9.17) is 9.98 Å². The summed E-state index contributed by atoms with van der Waals surface area (Å²) in [7, 11) is 0. The van der Waals surface area contributed by atoms with Crippen molar-refractivity contribution in [1.82, 2.24) is 0 Å². The van der Waals surface area contributed by atoms with Crippen LogP contribution in [0.3, 0.4) is 0 Å². The van der Waals surface area contributed by atoms with E-state index in [2.05, 4.69) is 101 Å². The molecule has 0 amide bonds. The van der Waals surface area contributed by atoms with E-state index in [0.717, 1.165) is 62.0 Å². The smallest absolute Gasteiger partial charge is 0.0665 e. The fourth-order valence-electron chi connectivity index (χ4n) is 9.67. The van der Waals surface area contributed by atoms with Crippen LogP contribution in [0.2, 0.25) is 0 Å². The Kier molecular flexibility index (Phi) is 42.3. The van der Waals surface area contributed by atoms with Crippen LogP contribution in [0.5, 0.6) is 0 Å². The molecule has 2 nitrogen and oxygen atoms in total. The van der Waals surface area contributed by atoms with Gasteiger partial charge in [-0.05, 0) is 107 Å². The molecule has 2 rings (SSSR count). The maximum absolute atomic E-state index is 5.45. The first-order valence-electron chi connectivity index (χ1n) is 29.8. The minimum atomic E-state index is 0.896. The first-order chi connectivity index (χ1) is 33.2. The van der Waals surface area contributed by atoms with Crippen LogP contribution in [-0.4, -0.2) is 11.4 Å². The SMILES string of the molecule is CCCCCCCCCCCCCCCCCC=CCCCc1ccccc1N=C(CC)C(CCCCC)=Nc1ccccc1CCCC=CCCCCCCCCCCCCCCCCC. The summed E-state index contributed by atoms with van der Waals surface area (Å²) in [5.74, 6) is 0. The Bertz CT molecular complexity index is 1490. The zero-order valence-electron chi connectivity index (χ0n) is 45.2. The highest BCUT2D eigenvalue weighted by Crippen LogP contribution is 2.26. The first kappa shape index (κ1) is 60.4. The van der Waals surface area contributed by atoms with Gasteiger partial charge in [0.05, 0.1) is 22.8 Å². The monoisotopic (exact) mass is 919 g/mol. The Labute approximate surface area is 418 Å². The molecule has 2 aromatic rings. The highest BCUT2D eigenvalue weighted by Gasteiger charge is 2.12. The molecule has 0 saturated heterocycles. The predicted octanol–water partition coefficient (Wildman–Crippen LogP) is 22.8. The molecule has 0 bridgehead atoms. The second kappa shape index (κ2) is 47.0. The van der Waals surface area contributed by atoms with E-state index in [1.165, 1.54) is 248 Å². The topological polar surface area (TPSA) is 24.7 Å². The highest BCUT2D eigenvalue weighted by molar-refractivity contribution is 6.43. The van der Waals surface area contributed by atoms with Crippen molar-refractivity contribution in [2.75, 3.05) is 0 Å². The minimum absolute atomic E-state index is 0.896.